The molecule has 1 amide bonds. The van der Waals surface area contributed by atoms with Gasteiger partial charge in [0.15, 0.2) is 6.04 Å². The third-order valence-electron chi connectivity index (χ3n) is 1.93. The number of aliphatic hydroxyl groups excluding tert-OH is 1. The molecular formula is C11H14N2O2. The minimum atomic E-state index is -0.727. The van der Waals surface area contributed by atoms with E-state index in [1.54, 1.807) is 6.21 Å². The van der Waals surface area contributed by atoms with Gasteiger partial charge in [0.2, 0.25) is 5.91 Å². The molecule has 80 valence electrons. The van der Waals surface area contributed by atoms with Gasteiger partial charge < -0.3 is 10.4 Å². The van der Waals surface area contributed by atoms with Crippen LogP contribution in [0, 0.1) is 0 Å². The van der Waals surface area contributed by atoms with Gasteiger partial charge in [-0.3, -0.25) is 9.79 Å². The fourth-order valence-corrected chi connectivity index (χ4v) is 1.08. The highest BCUT2D eigenvalue weighted by atomic mass is 16.3. The number of rotatable bonds is 4. The molecule has 1 unspecified atom stereocenters. The van der Waals surface area contributed by atoms with Crippen LogP contribution >= 0.6 is 0 Å². The molecule has 0 heterocycles. The van der Waals surface area contributed by atoms with Gasteiger partial charge in [0.05, 0.1) is 6.61 Å². The highest BCUT2D eigenvalue weighted by molar-refractivity contribution is 5.86. The second-order valence-corrected chi connectivity index (χ2v) is 3.00. The molecule has 0 fully saturated rings. The van der Waals surface area contributed by atoms with Gasteiger partial charge >= 0.3 is 0 Å². The molecule has 1 rings (SSSR count). The summed E-state index contributed by atoms with van der Waals surface area (Å²) in [5.74, 6) is -0.287. The van der Waals surface area contributed by atoms with Gasteiger partial charge in [-0.25, -0.2) is 0 Å². The first-order chi connectivity index (χ1) is 7.27. The first-order valence-corrected chi connectivity index (χ1v) is 4.68. The van der Waals surface area contributed by atoms with Gasteiger partial charge in [-0.1, -0.05) is 30.3 Å². The van der Waals surface area contributed by atoms with Crippen molar-refractivity contribution in [3.63, 3.8) is 0 Å². The van der Waals surface area contributed by atoms with Gasteiger partial charge in [-0.05, 0) is 5.56 Å². The molecule has 0 spiro atoms. The molecule has 0 saturated carbocycles. The lowest BCUT2D eigenvalue weighted by atomic mass is 10.2. The summed E-state index contributed by atoms with van der Waals surface area (Å²) in [7, 11) is 1.52. The Labute approximate surface area is 88.7 Å². The number of carbonyl (C=O) groups is 1. The number of hydrogen-bond acceptors (Lipinski definition) is 3. The number of carbonyl (C=O) groups excluding carboxylic acids is 1. The molecule has 1 aromatic carbocycles. The molecule has 1 atom stereocenters. The second kappa shape index (κ2) is 5.93. The zero-order chi connectivity index (χ0) is 11.1. The van der Waals surface area contributed by atoms with Crippen LogP contribution in [0.15, 0.2) is 35.3 Å². The van der Waals surface area contributed by atoms with Gasteiger partial charge in [0.25, 0.3) is 0 Å². The summed E-state index contributed by atoms with van der Waals surface area (Å²) in [4.78, 5) is 15.2. The highest BCUT2D eigenvalue weighted by Crippen LogP contribution is 1.96. The number of aliphatic imine (C=N–C) groups is 1. The molecule has 1 aromatic rings. The van der Waals surface area contributed by atoms with Crippen LogP contribution in [0.5, 0.6) is 0 Å². The molecule has 0 aliphatic rings. The molecule has 2 N–H and O–H groups in total. The molecule has 0 bridgehead atoms. The van der Waals surface area contributed by atoms with Crippen molar-refractivity contribution < 1.29 is 9.90 Å². The van der Waals surface area contributed by atoms with E-state index in [1.165, 1.54) is 7.05 Å². The van der Waals surface area contributed by atoms with Crippen molar-refractivity contribution in [1.82, 2.24) is 5.32 Å². The lowest BCUT2D eigenvalue weighted by molar-refractivity contribution is -0.122. The Morgan fingerprint density at radius 3 is 2.73 bits per heavy atom. The van der Waals surface area contributed by atoms with E-state index in [2.05, 4.69) is 10.3 Å². The lowest BCUT2D eigenvalue weighted by Gasteiger charge is -2.06. The maximum atomic E-state index is 11.2. The van der Waals surface area contributed by atoms with E-state index < -0.39 is 6.04 Å². The summed E-state index contributed by atoms with van der Waals surface area (Å²) in [6, 6.07) is 8.70. The van der Waals surface area contributed by atoms with Crippen LogP contribution in [0.2, 0.25) is 0 Å². The Morgan fingerprint density at radius 1 is 1.53 bits per heavy atom. The Hall–Kier alpha value is -1.68. The normalized spacial score (nSPS) is 12.7. The fourth-order valence-electron chi connectivity index (χ4n) is 1.08. The van der Waals surface area contributed by atoms with E-state index in [0.29, 0.717) is 0 Å². The zero-order valence-corrected chi connectivity index (χ0v) is 8.55. The van der Waals surface area contributed by atoms with Crippen LogP contribution in [0.25, 0.3) is 0 Å². The van der Waals surface area contributed by atoms with Crippen LogP contribution in [0.3, 0.4) is 0 Å². The molecule has 0 aromatic heterocycles. The largest absolute Gasteiger partial charge is 0.394 e. The van der Waals surface area contributed by atoms with Crippen LogP contribution < -0.4 is 5.32 Å². The highest BCUT2D eigenvalue weighted by Gasteiger charge is 2.12. The van der Waals surface area contributed by atoms with Crippen molar-refractivity contribution in [3.8, 4) is 0 Å². The number of likely N-dealkylation sites (N-methyl/N-ethyl adjacent to an activating group) is 1. The zero-order valence-electron chi connectivity index (χ0n) is 8.55. The molecule has 4 heteroatoms. The van der Waals surface area contributed by atoms with Crippen LogP contribution in [-0.2, 0) is 4.79 Å². The average Bonchev–Trinajstić information content (AvgIpc) is 2.31. The number of benzene rings is 1. The smallest absolute Gasteiger partial charge is 0.246 e. The third kappa shape index (κ3) is 3.52. The molecular weight excluding hydrogens is 192 g/mol. The molecule has 4 nitrogen and oxygen atoms in total. The second-order valence-electron chi connectivity index (χ2n) is 3.00. The van der Waals surface area contributed by atoms with Gasteiger partial charge in [0.1, 0.15) is 0 Å². The summed E-state index contributed by atoms with van der Waals surface area (Å²) in [5, 5.41) is 11.4. The molecule has 0 radical (unpaired) electrons. The Kier molecular flexibility index (Phi) is 4.50. The van der Waals surface area contributed by atoms with Crippen molar-refractivity contribution in [2.45, 2.75) is 6.04 Å². The predicted octanol–water partition coefficient (Wildman–Crippen LogP) is 0.212. The van der Waals surface area contributed by atoms with Crippen molar-refractivity contribution in [2.75, 3.05) is 13.7 Å². The summed E-state index contributed by atoms with van der Waals surface area (Å²) < 4.78 is 0. The van der Waals surface area contributed by atoms with Crippen molar-refractivity contribution in [3.05, 3.63) is 35.9 Å². The number of hydrogen-bond donors (Lipinski definition) is 2. The van der Waals surface area contributed by atoms with Crippen LogP contribution in [-0.4, -0.2) is 36.9 Å². The molecule has 0 aliphatic carbocycles. The van der Waals surface area contributed by atoms with Crippen LogP contribution in [0.4, 0.5) is 0 Å². The third-order valence-corrected chi connectivity index (χ3v) is 1.93. The number of nitrogens with zero attached hydrogens (tertiary/aromatic N) is 1. The number of nitrogens with one attached hydrogen (secondary N) is 1. The van der Waals surface area contributed by atoms with E-state index in [-0.39, 0.29) is 12.5 Å². The SMILES string of the molecule is CNC(=O)C(CO)N=Cc1ccccc1. The van der Waals surface area contributed by atoms with Crippen molar-refractivity contribution in [2.24, 2.45) is 4.99 Å². The molecule has 0 aliphatic heterocycles. The summed E-state index contributed by atoms with van der Waals surface area (Å²) in [6.45, 7) is -0.289. The Bertz CT molecular complexity index is 336. The van der Waals surface area contributed by atoms with E-state index in [0.717, 1.165) is 5.56 Å². The van der Waals surface area contributed by atoms with E-state index >= 15 is 0 Å². The van der Waals surface area contributed by atoms with Gasteiger partial charge in [0, 0.05) is 13.3 Å². The van der Waals surface area contributed by atoms with Crippen molar-refractivity contribution in [1.29, 1.82) is 0 Å². The Balaban J connectivity index is 2.67. The number of amides is 1. The standard InChI is InChI=1S/C11H14N2O2/c1-12-11(15)10(8-14)13-7-9-5-3-2-4-6-9/h2-7,10,14H,8H2,1H3,(H,12,15). The van der Waals surface area contributed by atoms with Gasteiger partial charge in [-0.2, -0.15) is 0 Å². The lowest BCUT2D eigenvalue weighted by Crippen LogP contribution is -2.33. The average molecular weight is 206 g/mol. The maximum absolute atomic E-state index is 11.2. The fraction of sp³-hybridized carbons (Fsp3) is 0.273. The first kappa shape index (κ1) is 11.4. The van der Waals surface area contributed by atoms with E-state index in [4.69, 9.17) is 5.11 Å². The van der Waals surface area contributed by atoms with Crippen LogP contribution in [0.1, 0.15) is 5.56 Å². The first-order valence-electron chi connectivity index (χ1n) is 4.68. The van der Waals surface area contributed by atoms with E-state index in [9.17, 15) is 4.79 Å². The number of aliphatic hydroxyl groups is 1. The molecule has 0 saturated heterocycles. The van der Waals surface area contributed by atoms with Gasteiger partial charge in [-0.15, -0.1) is 0 Å². The summed E-state index contributed by atoms with van der Waals surface area (Å²) in [5.41, 5.74) is 0.903. The minimum absolute atomic E-state index is 0.287. The molecule has 15 heavy (non-hydrogen) atoms. The monoisotopic (exact) mass is 206 g/mol. The maximum Gasteiger partial charge on any atom is 0.246 e. The summed E-state index contributed by atoms with van der Waals surface area (Å²) in [6.07, 6.45) is 1.58. The quantitative estimate of drug-likeness (QED) is 0.692. The minimum Gasteiger partial charge on any atom is -0.394 e. The Morgan fingerprint density at radius 2 is 2.20 bits per heavy atom. The summed E-state index contributed by atoms with van der Waals surface area (Å²) >= 11 is 0. The van der Waals surface area contributed by atoms with E-state index in [1.807, 2.05) is 30.3 Å². The topological polar surface area (TPSA) is 61.7 Å². The van der Waals surface area contributed by atoms with Crippen molar-refractivity contribution >= 4 is 12.1 Å². The predicted molar refractivity (Wildman–Crippen MR) is 59.0 cm³/mol.